The normalized spacial score (nSPS) is 16.0. The van der Waals surface area contributed by atoms with E-state index >= 15 is 0 Å². The molecule has 8 heteroatoms. The Hall–Kier alpha value is -2.32. The van der Waals surface area contributed by atoms with Crippen LogP contribution < -0.4 is 10.1 Å². The van der Waals surface area contributed by atoms with E-state index in [1.54, 1.807) is 37.3 Å². The van der Waals surface area contributed by atoms with Crippen molar-refractivity contribution in [3.63, 3.8) is 0 Å². The fourth-order valence-electron chi connectivity index (χ4n) is 2.72. The van der Waals surface area contributed by atoms with Crippen LogP contribution in [0.1, 0.15) is 16.7 Å². The molecule has 0 aliphatic carbocycles. The van der Waals surface area contributed by atoms with Crippen molar-refractivity contribution in [3.8, 4) is 16.9 Å². The number of carbonyl (C=O) groups is 1. The van der Waals surface area contributed by atoms with Crippen LogP contribution in [-0.2, 0) is 11.0 Å². The summed E-state index contributed by atoms with van der Waals surface area (Å²) in [5.41, 5.74) is 1.31. The zero-order valence-corrected chi connectivity index (χ0v) is 15.9. The molecule has 3 rings (SSSR count). The number of amides is 1. The molecule has 0 spiro atoms. The first-order valence-corrected chi connectivity index (χ1v) is 9.02. The smallest absolute Gasteiger partial charge is 0.416 e. The molecule has 140 valence electrons. The van der Waals surface area contributed by atoms with Gasteiger partial charge in [0.1, 0.15) is 10.1 Å². The van der Waals surface area contributed by atoms with Crippen molar-refractivity contribution in [2.24, 2.45) is 0 Å². The van der Waals surface area contributed by atoms with E-state index in [1.165, 1.54) is 7.11 Å². The van der Waals surface area contributed by atoms with Crippen LogP contribution in [0.15, 0.2) is 41.3 Å². The fraction of sp³-hybridized carbons (Fsp3) is 0.158. The Balaban J connectivity index is 2.10. The number of halogens is 3. The van der Waals surface area contributed by atoms with Gasteiger partial charge < -0.3 is 10.1 Å². The fourth-order valence-corrected chi connectivity index (χ4v) is 3.76. The molecule has 2 aromatic carbocycles. The molecule has 0 unspecified atom stereocenters. The first-order valence-electron chi connectivity index (χ1n) is 7.79. The quantitative estimate of drug-likeness (QED) is 0.560. The molecule has 0 radical (unpaired) electrons. The highest BCUT2D eigenvalue weighted by Crippen LogP contribution is 2.37. The van der Waals surface area contributed by atoms with Gasteiger partial charge >= 0.3 is 6.18 Å². The molecule has 3 nitrogen and oxygen atoms in total. The van der Waals surface area contributed by atoms with Gasteiger partial charge in [-0.15, -0.1) is 0 Å². The van der Waals surface area contributed by atoms with Gasteiger partial charge in [0, 0.05) is 5.56 Å². The number of methoxy groups -OCH3 is 1. The number of hydrogen-bond acceptors (Lipinski definition) is 4. The van der Waals surface area contributed by atoms with Gasteiger partial charge in [-0.25, -0.2) is 0 Å². The van der Waals surface area contributed by atoms with Crippen molar-refractivity contribution < 1.29 is 22.7 Å². The highest BCUT2D eigenvalue weighted by Gasteiger charge is 2.31. The van der Waals surface area contributed by atoms with Crippen LogP contribution in [0.25, 0.3) is 17.2 Å². The highest BCUT2D eigenvalue weighted by atomic mass is 32.2. The summed E-state index contributed by atoms with van der Waals surface area (Å²) < 4.78 is 45.2. The summed E-state index contributed by atoms with van der Waals surface area (Å²) >= 11 is 6.10. The zero-order valence-electron chi connectivity index (χ0n) is 14.3. The van der Waals surface area contributed by atoms with Crippen molar-refractivity contribution in [2.45, 2.75) is 13.1 Å². The van der Waals surface area contributed by atoms with Gasteiger partial charge in [0.2, 0.25) is 0 Å². The molecule has 1 N–H and O–H groups in total. The topological polar surface area (TPSA) is 38.3 Å². The first-order chi connectivity index (χ1) is 12.7. The standard InChI is InChI=1S/C19H14F3NO2S2/c1-10-5-12(9-13(6-10)19(20,21)22)14-7-11(3-4-15(14)25-2)8-16-17(24)23-18(26)27-16/h3-9H,1-2H3,(H,23,24,26). The molecule has 1 fully saturated rings. The largest absolute Gasteiger partial charge is 0.496 e. The average molecular weight is 409 g/mol. The lowest BCUT2D eigenvalue weighted by Gasteiger charge is -2.14. The van der Waals surface area contributed by atoms with Crippen LogP contribution >= 0.6 is 24.0 Å². The number of rotatable bonds is 3. The molecule has 1 heterocycles. The molecule has 1 amide bonds. The lowest BCUT2D eigenvalue weighted by Crippen LogP contribution is -2.17. The molecule has 1 aliphatic heterocycles. The van der Waals surface area contributed by atoms with Gasteiger partial charge in [-0.05, 0) is 54.0 Å². The summed E-state index contributed by atoms with van der Waals surface area (Å²) in [7, 11) is 1.45. The number of aryl methyl sites for hydroxylation is 1. The first kappa shape index (κ1) is 19.4. The summed E-state index contributed by atoms with van der Waals surface area (Å²) in [6.07, 6.45) is -2.80. The van der Waals surface area contributed by atoms with Crippen LogP contribution in [0.3, 0.4) is 0 Å². The average Bonchev–Trinajstić information content (AvgIpc) is 2.90. The van der Waals surface area contributed by atoms with Crippen molar-refractivity contribution in [2.75, 3.05) is 7.11 Å². The molecule has 1 aliphatic rings. The Bertz CT molecular complexity index is 968. The van der Waals surface area contributed by atoms with Crippen LogP contribution in [-0.4, -0.2) is 17.3 Å². The minimum atomic E-state index is -4.44. The number of thiocarbonyl (C=S) groups is 1. The molecule has 0 saturated carbocycles. The van der Waals surface area contributed by atoms with Gasteiger partial charge in [-0.1, -0.05) is 36.1 Å². The summed E-state index contributed by atoms with van der Waals surface area (Å²) in [5.74, 6) is 0.146. The Labute approximate surface area is 163 Å². The minimum Gasteiger partial charge on any atom is -0.496 e. The second kappa shape index (κ2) is 7.36. The summed E-state index contributed by atoms with van der Waals surface area (Å²) in [5, 5.41) is 2.52. The third-order valence-corrected chi connectivity index (χ3v) is 5.04. The van der Waals surface area contributed by atoms with Crippen LogP contribution in [0.5, 0.6) is 5.75 Å². The second-order valence-electron chi connectivity index (χ2n) is 5.90. The molecular formula is C19H14F3NO2S2. The van der Waals surface area contributed by atoms with E-state index in [9.17, 15) is 18.0 Å². The van der Waals surface area contributed by atoms with E-state index in [2.05, 4.69) is 5.32 Å². The van der Waals surface area contributed by atoms with E-state index < -0.39 is 11.7 Å². The van der Waals surface area contributed by atoms with E-state index in [0.29, 0.717) is 37.2 Å². The minimum absolute atomic E-state index is 0.294. The number of carbonyl (C=O) groups excluding carboxylic acids is 1. The van der Waals surface area contributed by atoms with Crippen LogP contribution in [0.4, 0.5) is 13.2 Å². The van der Waals surface area contributed by atoms with E-state index in [-0.39, 0.29) is 5.91 Å². The lowest BCUT2D eigenvalue weighted by atomic mass is 9.97. The maximum Gasteiger partial charge on any atom is 0.416 e. The molecule has 2 aromatic rings. The maximum absolute atomic E-state index is 13.2. The Morgan fingerprint density at radius 1 is 1.19 bits per heavy atom. The van der Waals surface area contributed by atoms with Crippen molar-refractivity contribution in [1.29, 1.82) is 0 Å². The van der Waals surface area contributed by atoms with Crippen LogP contribution in [0.2, 0.25) is 0 Å². The van der Waals surface area contributed by atoms with E-state index in [4.69, 9.17) is 17.0 Å². The number of thioether (sulfide) groups is 1. The maximum atomic E-state index is 13.2. The van der Waals surface area contributed by atoms with Gasteiger partial charge in [0.05, 0.1) is 17.6 Å². The predicted octanol–water partition coefficient (Wildman–Crippen LogP) is 5.18. The number of nitrogens with one attached hydrogen (secondary N) is 1. The third-order valence-electron chi connectivity index (χ3n) is 3.88. The zero-order chi connectivity index (χ0) is 19.8. The Morgan fingerprint density at radius 3 is 2.52 bits per heavy atom. The van der Waals surface area contributed by atoms with Crippen molar-refractivity contribution in [1.82, 2.24) is 5.32 Å². The monoisotopic (exact) mass is 409 g/mol. The number of ether oxygens (including phenoxy) is 1. The Morgan fingerprint density at radius 2 is 1.93 bits per heavy atom. The van der Waals surface area contributed by atoms with Crippen LogP contribution in [0, 0.1) is 6.92 Å². The molecule has 0 aromatic heterocycles. The van der Waals surface area contributed by atoms with Gasteiger partial charge in [0.25, 0.3) is 5.91 Å². The Kier molecular flexibility index (Phi) is 5.30. The molecular weight excluding hydrogens is 395 g/mol. The number of hydrogen-bond donors (Lipinski definition) is 1. The van der Waals surface area contributed by atoms with E-state index in [1.807, 2.05) is 0 Å². The summed E-state index contributed by atoms with van der Waals surface area (Å²) in [4.78, 5) is 12.3. The van der Waals surface area contributed by atoms with Gasteiger partial charge in [-0.3, -0.25) is 4.79 Å². The molecule has 0 bridgehead atoms. The van der Waals surface area contributed by atoms with E-state index in [0.717, 1.165) is 23.9 Å². The van der Waals surface area contributed by atoms with Gasteiger partial charge in [-0.2, -0.15) is 13.2 Å². The molecule has 1 saturated heterocycles. The SMILES string of the molecule is COc1ccc(C=C2SC(=S)NC2=O)cc1-c1cc(C)cc(C(F)(F)F)c1. The van der Waals surface area contributed by atoms with Crippen molar-refractivity contribution in [3.05, 3.63) is 58.0 Å². The lowest BCUT2D eigenvalue weighted by molar-refractivity contribution is -0.137. The third kappa shape index (κ3) is 4.33. The van der Waals surface area contributed by atoms with Crippen molar-refractivity contribution >= 4 is 40.3 Å². The number of alkyl halides is 3. The van der Waals surface area contributed by atoms with Gasteiger partial charge in [0.15, 0.2) is 0 Å². The number of benzene rings is 2. The highest BCUT2D eigenvalue weighted by molar-refractivity contribution is 8.26. The summed E-state index contributed by atoms with van der Waals surface area (Å²) in [6.45, 7) is 1.61. The molecule has 0 atom stereocenters. The second-order valence-corrected chi connectivity index (χ2v) is 7.62. The summed E-state index contributed by atoms with van der Waals surface area (Å²) in [6, 6.07) is 8.93. The predicted molar refractivity (Wildman–Crippen MR) is 104 cm³/mol. The molecule has 27 heavy (non-hydrogen) atoms.